The molecule has 27 heavy (non-hydrogen) atoms. The molecule has 9 heteroatoms. The Kier molecular flexibility index (Phi) is 4.97. The van der Waals surface area contributed by atoms with Crippen LogP contribution in [0.3, 0.4) is 0 Å². The Labute approximate surface area is 157 Å². The number of hydrogen-bond acceptors (Lipinski definition) is 6. The average molecular weight is 387 g/mol. The summed E-state index contributed by atoms with van der Waals surface area (Å²) < 4.78 is 29.7. The first-order valence-electron chi connectivity index (χ1n) is 8.65. The van der Waals surface area contributed by atoms with E-state index in [1.165, 1.54) is 4.52 Å². The topological polar surface area (TPSA) is 106 Å². The third-order valence-electron chi connectivity index (χ3n) is 4.23. The summed E-state index contributed by atoms with van der Waals surface area (Å²) >= 11 is 0. The van der Waals surface area contributed by atoms with E-state index in [2.05, 4.69) is 19.8 Å². The van der Waals surface area contributed by atoms with Crippen LogP contribution in [0.5, 0.6) is 0 Å². The van der Waals surface area contributed by atoms with E-state index >= 15 is 0 Å². The van der Waals surface area contributed by atoms with E-state index in [1.807, 2.05) is 6.92 Å². The fourth-order valence-corrected chi connectivity index (χ4v) is 3.87. The van der Waals surface area contributed by atoms with Crippen LogP contribution in [0.2, 0.25) is 0 Å². The lowest BCUT2D eigenvalue weighted by Gasteiger charge is -2.14. The van der Waals surface area contributed by atoms with Crippen molar-refractivity contribution in [3.05, 3.63) is 46.8 Å². The first-order chi connectivity index (χ1) is 12.8. The SMILES string of the molecule is CCC(=O)c1cccc(CC)c1NS(=O)(=O)c1nc2nc(C)cc(C)n2n1. The van der Waals surface area contributed by atoms with Crippen LogP contribution >= 0.6 is 0 Å². The molecule has 2 aromatic heterocycles. The molecule has 0 aliphatic heterocycles. The fourth-order valence-electron chi connectivity index (χ4n) is 2.88. The van der Waals surface area contributed by atoms with Gasteiger partial charge in [0.05, 0.1) is 5.69 Å². The van der Waals surface area contributed by atoms with Crippen molar-refractivity contribution in [2.45, 2.75) is 45.7 Å². The van der Waals surface area contributed by atoms with Crippen molar-refractivity contribution >= 4 is 27.3 Å². The standard InChI is InChI=1S/C18H21N5O3S/c1-5-13-8-7-9-14(15(24)6-2)16(13)22-27(25,26)18-20-17-19-11(3)10-12(4)23(17)21-18/h7-10,22H,5-6H2,1-4H3. The maximum absolute atomic E-state index is 12.9. The first-order valence-corrected chi connectivity index (χ1v) is 10.1. The van der Waals surface area contributed by atoms with Crippen LogP contribution in [0.25, 0.3) is 5.78 Å². The number of sulfonamides is 1. The van der Waals surface area contributed by atoms with E-state index in [1.54, 1.807) is 45.0 Å². The van der Waals surface area contributed by atoms with Gasteiger partial charge in [0.15, 0.2) is 5.78 Å². The van der Waals surface area contributed by atoms with Crippen molar-refractivity contribution in [3.63, 3.8) is 0 Å². The van der Waals surface area contributed by atoms with Crippen LogP contribution < -0.4 is 4.72 Å². The quantitative estimate of drug-likeness (QED) is 0.652. The Balaban J connectivity index is 2.10. The molecular formula is C18H21N5O3S. The van der Waals surface area contributed by atoms with Gasteiger partial charge in [0.25, 0.3) is 21.0 Å². The summed E-state index contributed by atoms with van der Waals surface area (Å²) in [4.78, 5) is 20.5. The van der Waals surface area contributed by atoms with Crippen LogP contribution in [0.1, 0.15) is 47.6 Å². The molecule has 3 rings (SSSR count). The zero-order chi connectivity index (χ0) is 19.8. The minimum Gasteiger partial charge on any atom is -0.294 e. The molecule has 0 aliphatic rings. The van der Waals surface area contributed by atoms with Gasteiger partial charge in [-0.15, -0.1) is 5.10 Å². The lowest BCUT2D eigenvalue weighted by Crippen LogP contribution is -2.18. The molecule has 0 amide bonds. The number of carbonyl (C=O) groups is 1. The van der Waals surface area contributed by atoms with Crippen molar-refractivity contribution in [3.8, 4) is 0 Å². The van der Waals surface area contributed by atoms with Gasteiger partial charge in [-0.1, -0.05) is 26.0 Å². The Hall–Kier alpha value is -2.81. The zero-order valence-corrected chi connectivity index (χ0v) is 16.5. The van der Waals surface area contributed by atoms with Crippen molar-refractivity contribution < 1.29 is 13.2 Å². The lowest BCUT2D eigenvalue weighted by atomic mass is 10.0. The smallest absolute Gasteiger partial charge is 0.294 e. The summed E-state index contributed by atoms with van der Waals surface area (Å²) in [5.41, 5.74) is 2.80. The van der Waals surface area contributed by atoms with Gasteiger partial charge >= 0.3 is 0 Å². The molecule has 0 bridgehead atoms. The maximum atomic E-state index is 12.9. The largest absolute Gasteiger partial charge is 0.299 e. The number of aromatic nitrogens is 4. The summed E-state index contributed by atoms with van der Waals surface area (Å²) in [5.74, 6) is 0.0700. The molecule has 0 saturated heterocycles. The molecule has 1 N–H and O–H groups in total. The van der Waals surface area contributed by atoms with Crippen LogP contribution in [0, 0.1) is 13.8 Å². The van der Waals surface area contributed by atoms with E-state index in [0.717, 1.165) is 17.0 Å². The second kappa shape index (κ2) is 7.07. The van der Waals surface area contributed by atoms with Gasteiger partial charge in [0.2, 0.25) is 0 Å². The molecular weight excluding hydrogens is 366 g/mol. The number of aryl methyl sites for hydroxylation is 3. The number of ketones is 1. The van der Waals surface area contributed by atoms with Gasteiger partial charge in [-0.2, -0.15) is 13.4 Å². The number of fused-ring (bicyclic) bond motifs is 1. The number of rotatable bonds is 6. The average Bonchev–Trinajstić information content (AvgIpc) is 3.06. The molecule has 2 heterocycles. The third-order valence-corrected chi connectivity index (χ3v) is 5.36. The second-order valence-electron chi connectivity index (χ2n) is 6.22. The lowest BCUT2D eigenvalue weighted by molar-refractivity contribution is 0.0989. The summed E-state index contributed by atoms with van der Waals surface area (Å²) in [6.45, 7) is 7.23. The van der Waals surface area contributed by atoms with Crippen molar-refractivity contribution in [1.29, 1.82) is 0 Å². The van der Waals surface area contributed by atoms with Gasteiger partial charge in [-0.05, 0) is 38.0 Å². The molecule has 0 unspecified atom stereocenters. The monoisotopic (exact) mass is 387 g/mol. The van der Waals surface area contributed by atoms with Crippen molar-refractivity contribution in [2.24, 2.45) is 0 Å². The van der Waals surface area contributed by atoms with E-state index in [9.17, 15) is 13.2 Å². The van der Waals surface area contributed by atoms with Gasteiger partial charge in [0, 0.05) is 23.4 Å². The van der Waals surface area contributed by atoms with Gasteiger partial charge in [0.1, 0.15) is 0 Å². The highest BCUT2D eigenvalue weighted by Gasteiger charge is 2.25. The summed E-state index contributed by atoms with van der Waals surface area (Å²) in [7, 11) is -4.09. The molecule has 0 spiro atoms. The van der Waals surface area contributed by atoms with Crippen LogP contribution in [0.4, 0.5) is 5.69 Å². The van der Waals surface area contributed by atoms with E-state index in [4.69, 9.17) is 0 Å². The van der Waals surface area contributed by atoms with Crippen LogP contribution in [-0.2, 0) is 16.4 Å². The second-order valence-corrected chi connectivity index (χ2v) is 7.80. The maximum Gasteiger partial charge on any atom is 0.299 e. The minimum atomic E-state index is -4.09. The highest BCUT2D eigenvalue weighted by Crippen LogP contribution is 2.26. The van der Waals surface area contributed by atoms with E-state index in [0.29, 0.717) is 12.0 Å². The molecule has 0 radical (unpaired) electrons. The first kappa shape index (κ1) is 19.0. The Morgan fingerprint density at radius 1 is 1.19 bits per heavy atom. The van der Waals surface area contributed by atoms with Crippen molar-refractivity contribution in [2.75, 3.05) is 4.72 Å². The number of nitrogens with one attached hydrogen (secondary N) is 1. The van der Waals surface area contributed by atoms with Gasteiger partial charge in [-0.25, -0.2) is 9.50 Å². The predicted molar refractivity (Wildman–Crippen MR) is 102 cm³/mol. The molecule has 8 nitrogen and oxygen atoms in total. The molecule has 0 fully saturated rings. The number of carbonyl (C=O) groups excluding carboxylic acids is 1. The molecule has 1 aromatic carbocycles. The van der Waals surface area contributed by atoms with E-state index in [-0.39, 0.29) is 28.8 Å². The van der Waals surface area contributed by atoms with Gasteiger partial charge < -0.3 is 0 Å². The number of para-hydroxylation sites is 1. The number of Topliss-reactive ketones (excluding diaryl/α,β-unsaturated/α-hetero) is 1. The molecule has 142 valence electrons. The number of anilines is 1. The predicted octanol–water partition coefficient (Wildman–Crippen LogP) is 2.70. The minimum absolute atomic E-state index is 0.140. The highest BCUT2D eigenvalue weighted by molar-refractivity contribution is 7.92. The summed E-state index contributed by atoms with van der Waals surface area (Å²) in [6, 6.07) is 6.94. The Bertz CT molecular complexity index is 1140. The molecule has 0 atom stereocenters. The third kappa shape index (κ3) is 3.55. The Morgan fingerprint density at radius 3 is 2.59 bits per heavy atom. The van der Waals surface area contributed by atoms with Crippen LogP contribution in [-0.4, -0.2) is 33.8 Å². The number of nitrogens with zero attached hydrogens (tertiary/aromatic N) is 4. The molecule has 0 aliphatic carbocycles. The zero-order valence-electron chi connectivity index (χ0n) is 15.6. The summed E-state index contributed by atoms with van der Waals surface area (Å²) in [6.07, 6.45) is 0.845. The normalized spacial score (nSPS) is 11.7. The number of hydrogen-bond donors (Lipinski definition) is 1. The van der Waals surface area contributed by atoms with Crippen LogP contribution in [0.15, 0.2) is 29.4 Å². The fraction of sp³-hybridized carbons (Fsp3) is 0.333. The Morgan fingerprint density at radius 2 is 1.93 bits per heavy atom. The number of benzene rings is 1. The summed E-state index contributed by atoms with van der Waals surface area (Å²) in [5, 5.41) is 3.69. The van der Waals surface area contributed by atoms with Crippen molar-refractivity contribution in [1.82, 2.24) is 19.6 Å². The van der Waals surface area contributed by atoms with Gasteiger partial charge in [-0.3, -0.25) is 9.52 Å². The molecule has 0 saturated carbocycles. The molecule has 3 aromatic rings. The highest BCUT2D eigenvalue weighted by atomic mass is 32.2. The van der Waals surface area contributed by atoms with E-state index < -0.39 is 10.0 Å².